The van der Waals surface area contributed by atoms with Crippen molar-refractivity contribution in [3.63, 3.8) is 0 Å². The van der Waals surface area contributed by atoms with Crippen molar-refractivity contribution in [1.29, 1.82) is 0 Å². The topological polar surface area (TPSA) is 39.7 Å². The molecule has 1 aliphatic heterocycles. The van der Waals surface area contributed by atoms with E-state index < -0.39 is 0 Å². The van der Waals surface area contributed by atoms with Crippen LogP contribution in [0.4, 0.5) is 5.69 Å². The maximum atomic E-state index is 4.33. The number of thiophene rings is 1. The number of guanidine groups is 1. The fourth-order valence-electron chi connectivity index (χ4n) is 3.04. The first-order valence-corrected chi connectivity index (χ1v) is 10.1. The van der Waals surface area contributed by atoms with E-state index in [1.54, 1.807) is 0 Å². The van der Waals surface area contributed by atoms with Crippen molar-refractivity contribution in [2.45, 2.75) is 19.9 Å². The number of nitrogens with zero attached hydrogens (tertiary/aromatic N) is 2. The van der Waals surface area contributed by atoms with Gasteiger partial charge in [-0.25, -0.2) is 0 Å². The van der Waals surface area contributed by atoms with E-state index in [9.17, 15) is 0 Å². The van der Waals surface area contributed by atoms with Crippen LogP contribution in [-0.2, 0) is 13.0 Å². The molecule has 6 heteroatoms. The predicted octanol–water partition coefficient (Wildman–Crippen LogP) is 4.29. The zero-order valence-electron chi connectivity index (χ0n) is 16.0. The maximum absolute atomic E-state index is 4.33. The van der Waals surface area contributed by atoms with Crippen LogP contribution < -0.4 is 15.5 Å². The van der Waals surface area contributed by atoms with Crippen LogP contribution in [0, 0.1) is 5.92 Å². The van der Waals surface area contributed by atoms with Crippen molar-refractivity contribution < 1.29 is 0 Å². The summed E-state index contributed by atoms with van der Waals surface area (Å²) in [6.45, 7) is 5.98. The van der Waals surface area contributed by atoms with Crippen molar-refractivity contribution in [2.24, 2.45) is 10.9 Å². The molecular formula is C21H29IN4S. The molecule has 1 aromatic heterocycles. The normalized spacial score (nSPS) is 14.7. The summed E-state index contributed by atoms with van der Waals surface area (Å²) in [5, 5.41) is 8.98. The van der Waals surface area contributed by atoms with Crippen molar-refractivity contribution in [3.05, 3.63) is 64.4 Å². The van der Waals surface area contributed by atoms with Gasteiger partial charge in [-0.15, -0.1) is 35.3 Å². The summed E-state index contributed by atoms with van der Waals surface area (Å²) in [6.07, 6.45) is 5.53. The molecule has 0 aliphatic carbocycles. The SMILES string of the molecule is CN=C(NCc1ccc(N2CC=CC2)cc1)NCC(C)Cc1cccs1.I. The first-order chi connectivity index (χ1) is 12.7. The molecule has 0 spiro atoms. The van der Waals surface area contributed by atoms with Gasteiger partial charge >= 0.3 is 0 Å². The molecule has 3 rings (SSSR count). The predicted molar refractivity (Wildman–Crippen MR) is 129 cm³/mol. The van der Waals surface area contributed by atoms with Crippen LogP contribution in [0.25, 0.3) is 0 Å². The van der Waals surface area contributed by atoms with E-state index in [1.165, 1.54) is 16.1 Å². The minimum absolute atomic E-state index is 0. The van der Waals surface area contributed by atoms with Crippen LogP contribution in [0.15, 0.2) is 58.9 Å². The van der Waals surface area contributed by atoms with Crippen LogP contribution in [0.1, 0.15) is 17.4 Å². The Kier molecular flexibility index (Phi) is 9.14. The average molecular weight is 496 g/mol. The molecule has 4 nitrogen and oxygen atoms in total. The Morgan fingerprint density at radius 2 is 1.89 bits per heavy atom. The quantitative estimate of drug-likeness (QED) is 0.260. The van der Waals surface area contributed by atoms with Gasteiger partial charge in [0.2, 0.25) is 0 Å². The molecule has 2 N–H and O–H groups in total. The van der Waals surface area contributed by atoms with Crippen LogP contribution in [0.3, 0.4) is 0 Å². The van der Waals surface area contributed by atoms with Gasteiger partial charge in [-0.1, -0.05) is 37.3 Å². The molecular weight excluding hydrogens is 467 g/mol. The smallest absolute Gasteiger partial charge is 0.191 e. The minimum Gasteiger partial charge on any atom is -0.364 e. The molecule has 1 aromatic carbocycles. The summed E-state index contributed by atoms with van der Waals surface area (Å²) < 4.78 is 0. The largest absolute Gasteiger partial charge is 0.364 e. The zero-order valence-corrected chi connectivity index (χ0v) is 19.2. The van der Waals surface area contributed by atoms with Crippen LogP contribution >= 0.6 is 35.3 Å². The second-order valence-electron chi connectivity index (χ2n) is 6.74. The zero-order chi connectivity index (χ0) is 18.2. The second kappa shape index (κ2) is 11.3. The Labute approximate surface area is 183 Å². The fourth-order valence-corrected chi connectivity index (χ4v) is 3.90. The second-order valence-corrected chi connectivity index (χ2v) is 7.77. The molecule has 0 amide bonds. The molecule has 1 aliphatic rings. The van der Waals surface area contributed by atoms with Gasteiger partial charge in [0.1, 0.15) is 0 Å². The highest BCUT2D eigenvalue weighted by molar-refractivity contribution is 14.0. The molecule has 0 radical (unpaired) electrons. The molecule has 0 saturated heterocycles. The number of rotatable bonds is 7. The molecule has 0 bridgehead atoms. The first kappa shape index (κ1) is 21.8. The Morgan fingerprint density at radius 3 is 2.52 bits per heavy atom. The van der Waals surface area contributed by atoms with Crippen molar-refractivity contribution in [3.8, 4) is 0 Å². The summed E-state index contributed by atoms with van der Waals surface area (Å²) in [7, 11) is 1.82. The Morgan fingerprint density at radius 1 is 1.15 bits per heavy atom. The van der Waals surface area contributed by atoms with Gasteiger partial charge in [0.25, 0.3) is 0 Å². The summed E-state index contributed by atoms with van der Waals surface area (Å²) in [6, 6.07) is 13.1. The molecule has 0 saturated carbocycles. The van der Waals surface area contributed by atoms with Gasteiger partial charge in [0.05, 0.1) is 0 Å². The number of hydrogen-bond donors (Lipinski definition) is 2. The number of benzene rings is 1. The molecule has 0 fully saturated rings. The number of anilines is 1. The summed E-state index contributed by atoms with van der Waals surface area (Å²) in [5.41, 5.74) is 2.54. The third kappa shape index (κ3) is 6.84. The number of halogens is 1. The van der Waals surface area contributed by atoms with Gasteiger partial charge in [0, 0.05) is 43.8 Å². The lowest BCUT2D eigenvalue weighted by molar-refractivity contribution is 0.562. The van der Waals surface area contributed by atoms with Crippen molar-refractivity contribution >= 4 is 47.0 Å². The first-order valence-electron chi connectivity index (χ1n) is 9.20. The maximum Gasteiger partial charge on any atom is 0.191 e. The van der Waals surface area contributed by atoms with E-state index in [0.29, 0.717) is 5.92 Å². The average Bonchev–Trinajstić information content (AvgIpc) is 3.36. The molecule has 2 aromatic rings. The van der Waals surface area contributed by atoms with E-state index in [-0.39, 0.29) is 24.0 Å². The van der Waals surface area contributed by atoms with E-state index in [2.05, 4.69) is 81.4 Å². The van der Waals surface area contributed by atoms with Crippen LogP contribution in [0.2, 0.25) is 0 Å². The number of nitrogens with one attached hydrogen (secondary N) is 2. The third-order valence-corrected chi connectivity index (χ3v) is 5.45. The van der Waals surface area contributed by atoms with Gasteiger partial charge in [0.15, 0.2) is 5.96 Å². The number of aliphatic imine (C=N–C) groups is 1. The molecule has 146 valence electrons. The summed E-state index contributed by atoms with van der Waals surface area (Å²) >= 11 is 1.83. The fraction of sp³-hybridized carbons (Fsp3) is 0.381. The molecule has 2 heterocycles. The van der Waals surface area contributed by atoms with E-state index in [4.69, 9.17) is 0 Å². The van der Waals surface area contributed by atoms with E-state index >= 15 is 0 Å². The lowest BCUT2D eigenvalue weighted by Crippen LogP contribution is -2.39. The van der Waals surface area contributed by atoms with Gasteiger partial charge in [-0.05, 0) is 41.5 Å². The highest BCUT2D eigenvalue weighted by atomic mass is 127. The molecule has 27 heavy (non-hydrogen) atoms. The summed E-state index contributed by atoms with van der Waals surface area (Å²) in [4.78, 5) is 8.13. The summed E-state index contributed by atoms with van der Waals surface area (Å²) in [5.74, 6) is 1.43. The monoisotopic (exact) mass is 496 g/mol. The highest BCUT2D eigenvalue weighted by Crippen LogP contribution is 2.17. The number of hydrogen-bond acceptors (Lipinski definition) is 3. The van der Waals surface area contributed by atoms with Gasteiger partial charge < -0.3 is 15.5 Å². The Bertz CT molecular complexity index is 717. The Balaban J connectivity index is 0.00000261. The Hall–Kier alpha value is -1.54. The highest BCUT2D eigenvalue weighted by Gasteiger charge is 2.08. The van der Waals surface area contributed by atoms with E-state index in [0.717, 1.165) is 38.6 Å². The molecule has 1 atom stereocenters. The standard InChI is InChI=1S/C21H28N4S.HI/c1-17(14-20-6-5-13-26-20)15-23-21(22-2)24-16-18-7-9-19(10-8-18)25-11-3-4-12-25;/h3-10,13,17H,11-12,14-16H2,1-2H3,(H2,22,23,24);1H. The van der Waals surface area contributed by atoms with Crippen molar-refractivity contribution in [1.82, 2.24) is 10.6 Å². The van der Waals surface area contributed by atoms with Crippen molar-refractivity contribution in [2.75, 3.05) is 31.6 Å². The lowest BCUT2D eigenvalue weighted by atomic mass is 10.1. The van der Waals surface area contributed by atoms with Gasteiger partial charge in [-0.2, -0.15) is 0 Å². The minimum atomic E-state index is 0. The lowest BCUT2D eigenvalue weighted by Gasteiger charge is -2.18. The van der Waals surface area contributed by atoms with Gasteiger partial charge in [-0.3, -0.25) is 4.99 Å². The third-order valence-electron chi connectivity index (χ3n) is 4.55. The van der Waals surface area contributed by atoms with Crippen LogP contribution in [0.5, 0.6) is 0 Å². The van der Waals surface area contributed by atoms with E-state index in [1.807, 2.05) is 18.4 Å². The molecule has 1 unspecified atom stereocenters. The van der Waals surface area contributed by atoms with Crippen LogP contribution in [-0.4, -0.2) is 32.6 Å².